The Hall–Kier alpha value is 0.1000. The number of rotatable bonds is 4. The van der Waals surface area contributed by atoms with Crippen LogP contribution in [-0.4, -0.2) is 20.6 Å². The minimum atomic E-state index is 0.422. The number of hydrogen-bond acceptors (Lipinski definition) is 3. The SMILES string of the molecule is CNCC(NC)c1cc(Br)cs1. The van der Waals surface area contributed by atoms with Crippen LogP contribution >= 0.6 is 27.3 Å². The summed E-state index contributed by atoms with van der Waals surface area (Å²) >= 11 is 5.22. The Bertz CT molecular complexity index is 237. The molecule has 1 rings (SSSR count). The van der Waals surface area contributed by atoms with Gasteiger partial charge in [-0.05, 0) is 36.1 Å². The molecule has 0 saturated heterocycles. The monoisotopic (exact) mass is 248 g/mol. The number of nitrogens with one attached hydrogen (secondary N) is 2. The van der Waals surface area contributed by atoms with E-state index in [1.807, 2.05) is 14.1 Å². The molecule has 4 heteroatoms. The zero-order valence-electron chi connectivity index (χ0n) is 7.23. The van der Waals surface area contributed by atoms with E-state index in [0.717, 1.165) is 6.54 Å². The first-order valence-corrected chi connectivity index (χ1v) is 5.51. The van der Waals surface area contributed by atoms with Gasteiger partial charge in [0.05, 0.1) is 6.04 Å². The Morgan fingerprint density at radius 2 is 2.33 bits per heavy atom. The fourth-order valence-electron chi connectivity index (χ4n) is 1.06. The molecule has 68 valence electrons. The second-order valence-electron chi connectivity index (χ2n) is 2.57. The molecule has 0 aliphatic heterocycles. The second kappa shape index (κ2) is 4.97. The van der Waals surface area contributed by atoms with Crippen molar-refractivity contribution in [2.75, 3.05) is 20.6 Å². The largest absolute Gasteiger partial charge is 0.318 e. The molecule has 0 bridgehead atoms. The third kappa shape index (κ3) is 2.55. The van der Waals surface area contributed by atoms with Crippen LogP contribution < -0.4 is 10.6 Å². The van der Waals surface area contributed by atoms with E-state index in [2.05, 4.69) is 38.0 Å². The molecule has 0 spiro atoms. The highest BCUT2D eigenvalue weighted by Crippen LogP contribution is 2.24. The van der Waals surface area contributed by atoms with E-state index in [4.69, 9.17) is 0 Å². The van der Waals surface area contributed by atoms with Crippen LogP contribution in [0.1, 0.15) is 10.9 Å². The molecule has 1 heterocycles. The van der Waals surface area contributed by atoms with Gasteiger partial charge in [0.1, 0.15) is 0 Å². The molecule has 12 heavy (non-hydrogen) atoms. The topological polar surface area (TPSA) is 24.1 Å². The molecule has 0 aliphatic rings. The number of likely N-dealkylation sites (N-methyl/N-ethyl adjacent to an activating group) is 2. The lowest BCUT2D eigenvalue weighted by atomic mass is 10.2. The van der Waals surface area contributed by atoms with Gasteiger partial charge in [-0.1, -0.05) is 0 Å². The fraction of sp³-hybridized carbons (Fsp3) is 0.500. The van der Waals surface area contributed by atoms with Crippen molar-refractivity contribution >= 4 is 27.3 Å². The van der Waals surface area contributed by atoms with Gasteiger partial charge in [-0.25, -0.2) is 0 Å². The van der Waals surface area contributed by atoms with Crippen molar-refractivity contribution in [3.63, 3.8) is 0 Å². The predicted molar refractivity (Wildman–Crippen MR) is 57.7 cm³/mol. The Kier molecular flexibility index (Phi) is 4.21. The van der Waals surface area contributed by atoms with Gasteiger partial charge in [0.25, 0.3) is 0 Å². The van der Waals surface area contributed by atoms with Crippen molar-refractivity contribution in [1.82, 2.24) is 10.6 Å². The molecule has 0 fully saturated rings. The standard InChI is InChI=1S/C8H13BrN2S/c1-10-4-7(11-2)8-3-6(9)5-12-8/h3,5,7,10-11H,4H2,1-2H3. The van der Waals surface area contributed by atoms with E-state index < -0.39 is 0 Å². The number of hydrogen-bond donors (Lipinski definition) is 2. The lowest BCUT2D eigenvalue weighted by Crippen LogP contribution is -2.26. The molecule has 0 aromatic carbocycles. The summed E-state index contributed by atoms with van der Waals surface area (Å²) in [5.41, 5.74) is 0. The van der Waals surface area contributed by atoms with Gasteiger partial charge in [-0.2, -0.15) is 0 Å². The lowest BCUT2D eigenvalue weighted by Gasteiger charge is -2.12. The number of halogens is 1. The first-order valence-electron chi connectivity index (χ1n) is 3.83. The smallest absolute Gasteiger partial charge is 0.0539 e. The van der Waals surface area contributed by atoms with Crippen LogP contribution in [0.4, 0.5) is 0 Å². The Labute approximate surface area is 85.5 Å². The predicted octanol–water partition coefficient (Wildman–Crippen LogP) is 1.99. The normalized spacial score (nSPS) is 13.2. The van der Waals surface area contributed by atoms with Crippen LogP contribution in [0.2, 0.25) is 0 Å². The molecular weight excluding hydrogens is 236 g/mol. The highest BCUT2D eigenvalue weighted by atomic mass is 79.9. The van der Waals surface area contributed by atoms with Gasteiger partial charge in [-0.3, -0.25) is 0 Å². The van der Waals surface area contributed by atoms with Crippen LogP contribution in [0.25, 0.3) is 0 Å². The van der Waals surface area contributed by atoms with E-state index in [9.17, 15) is 0 Å². The summed E-state index contributed by atoms with van der Waals surface area (Å²) in [5, 5.41) is 8.52. The molecule has 1 aromatic heterocycles. The minimum Gasteiger partial charge on any atom is -0.318 e. The summed E-state index contributed by atoms with van der Waals surface area (Å²) in [5.74, 6) is 0. The van der Waals surface area contributed by atoms with Crippen LogP contribution in [0.5, 0.6) is 0 Å². The van der Waals surface area contributed by atoms with Crippen molar-refractivity contribution in [2.24, 2.45) is 0 Å². The molecule has 0 saturated carbocycles. The van der Waals surface area contributed by atoms with Crippen molar-refractivity contribution in [3.05, 3.63) is 20.8 Å². The Morgan fingerprint density at radius 3 is 2.75 bits per heavy atom. The van der Waals surface area contributed by atoms with E-state index >= 15 is 0 Å². The molecule has 1 unspecified atom stereocenters. The van der Waals surface area contributed by atoms with Crippen molar-refractivity contribution in [1.29, 1.82) is 0 Å². The second-order valence-corrected chi connectivity index (χ2v) is 4.42. The van der Waals surface area contributed by atoms with Gasteiger partial charge in [0.15, 0.2) is 0 Å². The molecule has 2 nitrogen and oxygen atoms in total. The average Bonchev–Trinajstić information content (AvgIpc) is 2.47. The maximum atomic E-state index is 3.44. The van der Waals surface area contributed by atoms with E-state index in [-0.39, 0.29) is 0 Å². The van der Waals surface area contributed by atoms with E-state index in [1.165, 1.54) is 9.35 Å². The highest BCUT2D eigenvalue weighted by Gasteiger charge is 2.09. The third-order valence-corrected chi connectivity index (χ3v) is 3.50. The van der Waals surface area contributed by atoms with Crippen molar-refractivity contribution in [2.45, 2.75) is 6.04 Å². The maximum absolute atomic E-state index is 3.44. The highest BCUT2D eigenvalue weighted by molar-refractivity contribution is 9.10. The maximum Gasteiger partial charge on any atom is 0.0539 e. The van der Waals surface area contributed by atoms with Crippen LogP contribution in [0.15, 0.2) is 15.9 Å². The third-order valence-electron chi connectivity index (χ3n) is 1.69. The van der Waals surface area contributed by atoms with E-state index in [1.54, 1.807) is 11.3 Å². The molecule has 1 atom stereocenters. The fourth-order valence-corrected chi connectivity index (χ4v) is 2.62. The van der Waals surface area contributed by atoms with Gasteiger partial charge in [0, 0.05) is 21.3 Å². The summed E-state index contributed by atoms with van der Waals surface area (Å²) in [6.07, 6.45) is 0. The lowest BCUT2D eigenvalue weighted by molar-refractivity contribution is 0.566. The van der Waals surface area contributed by atoms with Crippen molar-refractivity contribution < 1.29 is 0 Å². The summed E-state index contributed by atoms with van der Waals surface area (Å²) in [4.78, 5) is 1.36. The summed E-state index contributed by atoms with van der Waals surface area (Å²) in [6.45, 7) is 0.962. The van der Waals surface area contributed by atoms with Crippen LogP contribution in [0, 0.1) is 0 Å². The average molecular weight is 249 g/mol. The van der Waals surface area contributed by atoms with Crippen LogP contribution in [-0.2, 0) is 0 Å². The van der Waals surface area contributed by atoms with Gasteiger partial charge >= 0.3 is 0 Å². The van der Waals surface area contributed by atoms with Gasteiger partial charge in [-0.15, -0.1) is 11.3 Å². The minimum absolute atomic E-state index is 0.422. The molecule has 0 amide bonds. The summed E-state index contributed by atoms with van der Waals surface area (Å²) < 4.78 is 1.17. The molecule has 1 aromatic rings. The molecule has 0 aliphatic carbocycles. The van der Waals surface area contributed by atoms with E-state index in [0.29, 0.717) is 6.04 Å². The quantitative estimate of drug-likeness (QED) is 0.852. The van der Waals surface area contributed by atoms with Gasteiger partial charge < -0.3 is 10.6 Å². The summed E-state index contributed by atoms with van der Waals surface area (Å²) in [7, 11) is 3.95. The Balaban J connectivity index is 2.66. The van der Waals surface area contributed by atoms with Crippen LogP contribution in [0.3, 0.4) is 0 Å². The first kappa shape index (κ1) is 10.2. The first-order chi connectivity index (χ1) is 5.77. The molecule has 2 N–H and O–H groups in total. The summed E-state index contributed by atoms with van der Waals surface area (Å²) in [6, 6.07) is 2.58. The Morgan fingerprint density at radius 1 is 1.58 bits per heavy atom. The zero-order chi connectivity index (χ0) is 8.97. The number of thiophene rings is 1. The van der Waals surface area contributed by atoms with Gasteiger partial charge in [0.2, 0.25) is 0 Å². The van der Waals surface area contributed by atoms with Crippen molar-refractivity contribution in [3.8, 4) is 0 Å². The zero-order valence-corrected chi connectivity index (χ0v) is 9.63. The molecular formula is C8H13BrN2S. The molecule has 0 radical (unpaired) electrons.